The number of hydrogen-bond acceptors (Lipinski definition) is 3. The van der Waals surface area contributed by atoms with Gasteiger partial charge in [-0.25, -0.2) is 0 Å². The number of hydrogen-bond donors (Lipinski definition) is 2. The van der Waals surface area contributed by atoms with E-state index >= 15 is 0 Å². The molecule has 0 heterocycles. The minimum atomic E-state index is -4.20. The normalized spacial score (nSPS) is 10.7. The number of aliphatic hydroxyl groups is 1. The smallest absolute Gasteiger partial charge is 0.397 e. The first-order chi connectivity index (χ1) is 9.95. The van der Waals surface area contributed by atoms with Crippen molar-refractivity contribution < 1.29 is 36.9 Å². The van der Waals surface area contributed by atoms with E-state index in [1.54, 1.807) is 13.0 Å². The van der Waals surface area contributed by atoms with E-state index in [-0.39, 0.29) is 30.4 Å². The molecule has 22 heavy (non-hydrogen) atoms. The Morgan fingerprint density at radius 1 is 1.00 bits per heavy atom. The van der Waals surface area contributed by atoms with Gasteiger partial charge in [-0.05, 0) is 12.3 Å². The first-order valence-electron chi connectivity index (χ1n) is 6.39. The van der Waals surface area contributed by atoms with Gasteiger partial charge in [0.2, 0.25) is 0 Å². The van der Waals surface area contributed by atoms with Crippen LogP contribution < -0.4 is 18.9 Å². The van der Waals surface area contributed by atoms with E-state index < -0.39 is 10.1 Å². The van der Waals surface area contributed by atoms with E-state index in [4.69, 9.17) is 9.66 Å². The summed E-state index contributed by atoms with van der Waals surface area (Å²) in [5, 5.41) is 11.2. The topological polar surface area (TPSA) is 74.6 Å². The predicted molar refractivity (Wildman–Crippen MR) is 82.9 cm³/mol. The molecule has 0 bridgehead atoms. The van der Waals surface area contributed by atoms with Gasteiger partial charge in [0.05, 0.1) is 0 Å². The maximum Gasteiger partial charge on any atom is 1.00 e. The molecule has 2 N–H and O–H groups in total. The van der Waals surface area contributed by atoms with Gasteiger partial charge in [0.15, 0.2) is 0 Å². The van der Waals surface area contributed by atoms with Crippen LogP contribution in [0, 0.1) is 6.07 Å². The SMILES string of the molecule is CCO.O=S(=O)(O)c1[c-]c2cc3ccccc3cc2cc1.[Li+]. The zero-order valence-corrected chi connectivity index (χ0v) is 13.3. The Hall–Kier alpha value is -1.35. The van der Waals surface area contributed by atoms with Crippen molar-refractivity contribution in [2.75, 3.05) is 6.61 Å². The fourth-order valence-corrected chi connectivity index (χ4v) is 2.47. The van der Waals surface area contributed by atoms with Gasteiger partial charge in [0.25, 0.3) is 10.1 Å². The van der Waals surface area contributed by atoms with Crippen LogP contribution in [0.1, 0.15) is 6.92 Å². The second-order valence-corrected chi connectivity index (χ2v) is 5.79. The van der Waals surface area contributed by atoms with Crippen molar-refractivity contribution in [2.45, 2.75) is 11.8 Å². The Kier molecular flexibility index (Phi) is 6.61. The van der Waals surface area contributed by atoms with E-state index in [0.717, 1.165) is 16.2 Å². The van der Waals surface area contributed by atoms with Crippen LogP contribution in [0.4, 0.5) is 0 Å². The molecule has 3 aromatic carbocycles. The Morgan fingerprint density at radius 2 is 1.55 bits per heavy atom. The average Bonchev–Trinajstić information content (AvgIpc) is 2.44. The van der Waals surface area contributed by atoms with Gasteiger partial charge in [-0.15, -0.1) is 35.0 Å². The Balaban J connectivity index is 0.000000562. The first kappa shape index (κ1) is 18.7. The largest absolute Gasteiger partial charge is 1.00 e. The molecule has 6 heteroatoms. The van der Waals surface area contributed by atoms with Crippen LogP contribution in [0.15, 0.2) is 53.4 Å². The first-order valence-corrected chi connectivity index (χ1v) is 7.83. The predicted octanol–water partition coefficient (Wildman–Crippen LogP) is 0.0425. The molecule has 0 spiro atoms. The third kappa shape index (κ3) is 4.32. The summed E-state index contributed by atoms with van der Waals surface area (Å²) in [6.45, 7) is 1.93. The molecule has 0 aliphatic heterocycles. The summed E-state index contributed by atoms with van der Waals surface area (Å²) in [5.74, 6) is 0. The van der Waals surface area contributed by atoms with Crippen LogP contribution in [-0.4, -0.2) is 24.7 Å². The molecule has 0 aliphatic rings. The summed E-state index contributed by atoms with van der Waals surface area (Å²) in [6, 6.07) is 17.4. The van der Waals surface area contributed by atoms with Gasteiger partial charge < -0.3 is 5.11 Å². The molecule has 0 amide bonds. The summed E-state index contributed by atoms with van der Waals surface area (Å²) in [7, 11) is -4.20. The third-order valence-corrected chi connectivity index (χ3v) is 3.66. The second kappa shape index (κ2) is 7.77. The molecule has 0 unspecified atom stereocenters. The maximum atomic E-state index is 11.1. The van der Waals surface area contributed by atoms with Gasteiger partial charge in [0.1, 0.15) is 0 Å². The molecule has 0 fully saturated rings. The molecule has 3 rings (SSSR count). The fourth-order valence-electron chi connectivity index (χ4n) is 1.99. The molecule has 110 valence electrons. The number of aliphatic hydroxyl groups excluding tert-OH is 1. The molecule has 4 nitrogen and oxygen atoms in total. The fraction of sp³-hybridized carbons (Fsp3) is 0.125. The maximum absolute atomic E-state index is 11.1. The number of fused-ring (bicyclic) bond motifs is 2. The van der Waals surface area contributed by atoms with Crippen LogP contribution in [-0.2, 0) is 10.1 Å². The molecular formula is C16H15LiO4S. The van der Waals surface area contributed by atoms with Gasteiger partial charge in [-0.1, -0.05) is 35.7 Å². The summed E-state index contributed by atoms with van der Waals surface area (Å²) in [4.78, 5) is -0.203. The van der Waals surface area contributed by atoms with Crippen molar-refractivity contribution in [1.82, 2.24) is 0 Å². The van der Waals surface area contributed by atoms with Crippen molar-refractivity contribution in [1.29, 1.82) is 0 Å². The summed E-state index contributed by atoms with van der Waals surface area (Å²) < 4.78 is 31.1. The third-order valence-electron chi connectivity index (χ3n) is 2.87. The van der Waals surface area contributed by atoms with Crippen molar-refractivity contribution in [2.24, 2.45) is 0 Å². The Morgan fingerprint density at radius 3 is 2.09 bits per heavy atom. The van der Waals surface area contributed by atoms with Gasteiger partial charge in [-0.2, -0.15) is 8.42 Å². The molecule has 0 aliphatic carbocycles. The minimum absolute atomic E-state index is 0. The van der Waals surface area contributed by atoms with E-state index in [1.807, 2.05) is 36.4 Å². The van der Waals surface area contributed by atoms with Gasteiger partial charge >= 0.3 is 18.9 Å². The quantitative estimate of drug-likeness (QED) is 0.288. The van der Waals surface area contributed by atoms with E-state index in [2.05, 4.69) is 6.07 Å². The van der Waals surface area contributed by atoms with Crippen molar-refractivity contribution in [3.05, 3.63) is 54.6 Å². The van der Waals surface area contributed by atoms with Gasteiger partial charge in [-0.3, -0.25) is 4.55 Å². The van der Waals surface area contributed by atoms with Crippen molar-refractivity contribution >= 4 is 31.7 Å². The molecule has 3 aromatic rings. The molecule has 0 aromatic heterocycles. The Labute approximate surface area is 141 Å². The number of rotatable bonds is 1. The van der Waals surface area contributed by atoms with Crippen LogP contribution in [0.25, 0.3) is 21.5 Å². The van der Waals surface area contributed by atoms with Gasteiger partial charge in [0, 0.05) is 11.5 Å². The van der Waals surface area contributed by atoms with Crippen LogP contribution in [0.5, 0.6) is 0 Å². The summed E-state index contributed by atoms with van der Waals surface area (Å²) >= 11 is 0. The van der Waals surface area contributed by atoms with E-state index in [9.17, 15) is 8.42 Å². The Bertz CT molecular complexity index is 876. The minimum Gasteiger partial charge on any atom is -0.397 e. The zero-order chi connectivity index (χ0) is 15.5. The molecule has 0 atom stereocenters. The van der Waals surface area contributed by atoms with Crippen LogP contribution >= 0.6 is 0 Å². The number of benzene rings is 3. The van der Waals surface area contributed by atoms with E-state index in [1.165, 1.54) is 6.07 Å². The summed E-state index contributed by atoms with van der Waals surface area (Å²) in [5.41, 5.74) is 0. The molecule has 0 radical (unpaired) electrons. The van der Waals surface area contributed by atoms with Crippen LogP contribution in [0.3, 0.4) is 0 Å². The summed E-state index contributed by atoms with van der Waals surface area (Å²) in [6.07, 6.45) is 0. The van der Waals surface area contributed by atoms with Crippen molar-refractivity contribution in [3.8, 4) is 0 Å². The monoisotopic (exact) mass is 310 g/mol. The van der Waals surface area contributed by atoms with Crippen molar-refractivity contribution in [3.63, 3.8) is 0 Å². The molecular weight excluding hydrogens is 295 g/mol. The standard InChI is InChI=1S/C14H9O3S.C2H6O.Li/c15-18(16,17)14-6-5-12-7-10-3-1-2-4-11(10)8-13(12)9-14;1-2-3;/h1-8H,(H,15,16,17);3H,2H2,1H3;/q-1;;+1. The molecule has 0 saturated heterocycles. The van der Waals surface area contributed by atoms with Crippen LogP contribution in [0.2, 0.25) is 0 Å². The zero-order valence-electron chi connectivity index (χ0n) is 12.4. The van der Waals surface area contributed by atoms with E-state index in [0.29, 0.717) is 5.39 Å². The average molecular weight is 310 g/mol. The second-order valence-electron chi connectivity index (χ2n) is 4.40. The molecule has 0 saturated carbocycles.